The summed E-state index contributed by atoms with van der Waals surface area (Å²) in [5.74, 6) is 0.282. The largest absolute Gasteiger partial charge is 0.492 e. The first kappa shape index (κ1) is 17.7. The molecule has 2 aliphatic heterocycles. The minimum absolute atomic E-state index is 0.00368. The zero-order valence-corrected chi connectivity index (χ0v) is 15.1. The molecule has 3 rings (SSSR count). The van der Waals surface area contributed by atoms with Crippen molar-refractivity contribution >= 4 is 11.8 Å². The van der Waals surface area contributed by atoms with Crippen LogP contribution in [0.25, 0.3) is 0 Å². The number of hydrogen-bond donors (Lipinski definition) is 2. The lowest BCUT2D eigenvalue weighted by Gasteiger charge is -2.39. The van der Waals surface area contributed by atoms with Crippen LogP contribution in [0, 0.1) is 0 Å². The predicted molar refractivity (Wildman–Crippen MR) is 93.7 cm³/mol. The van der Waals surface area contributed by atoms with Gasteiger partial charge in [0, 0.05) is 24.6 Å². The third-order valence-electron chi connectivity index (χ3n) is 5.16. The van der Waals surface area contributed by atoms with Crippen LogP contribution in [0.4, 0.5) is 0 Å². The lowest BCUT2D eigenvalue weighted by Crippen LogP contribution is -2.52. The van der Waals surface area contributed by atoms with Crippen LogP contribution in [0.15, 0.2) is 18.2 Å². The Hall–Kier alpha value is -2.08. The van der Waals surface area contributed by atoms with Crippen molar-refractivity contribution in [3.05, 3.63) is 29.3 Å². The third-order valence-corrected chi connectivity index (χ3v) is 5.16. The Balaban J connectivity index is 1.82. The summed E-state index contributed by atoms with van der Waals surface area (Å²) in [6.07, 6.45) is 1.19. The number of rotatable bonds is 3. The van der Waals surface area contributed by atoms with Crippen LogP contribution < -0.4 is 10.1 Å². The Bertz CT molecular complexity index is 701. The van der Waals surface area contributed by atoms with Gasteiger partial charge in [-0.15, -0.1) is 0 Å². The molecule has 2 heterocycles. The van der Waals surface area contributed by atoms with Gasteiger partial charge in [0.05, 0.1) is 30.7 Å². The molecule has 0 aliphatic carbocycles. The maximum atomic E-state index is 13.0. The molecule has 2 N–H and O–H groups in total. The molecule has 1 fully saturated rings. The quantitative estimate of drug-likeness (QED) is 0.868. The maximum absolute atomic E-state index is 13.0. The first-order valence-corrected chi connectivity index (χ1v) is 8.74. The number of fused-ring (bicyclic) bond motifs is 1. The minimum atomic E-state index is -1.17. The topological polar surface area (TPSA) is 78.9 Å². The number of β-amino-alcohol motifs (C(OH)–C–C–N with tert-alkyl or cyclic N) is 1. The van der Waals surface area contributed by atoms with Gasteiger partial charge in [-0.2, -0.15) is 0 Å². The van der Waals surface area contributed by atoms with Crippen molar-refractivity contribution in [3.8, 4) is 5.75 Å². The number of piperidine rings is 1. The summed E-state index contributed by atoms with van der Waals surface area (Å²) < 4.78 is 5.82. The summed E-state index contributed by atoms with van der Waals surface area (Å²) in [5, 5.41) is 13.3. The van der Waals surface area contributed by atoms with Crippen molar-refractivity contribution in [2.75, 3.05) is 26.7 Å². The van der Waals surface area contributed by atoms with Crippen molar-refractivity contribution in [1.82, 2.24) is 10.2 Å². The van der Waals surface area contributed by atoms with E-state index in [0.717, 1.165) is 5.56 Å². The molecular weight excluding hydrogens is 320 g/mol. The number of para-hydroxylation sites is 1. The van der Waals surface area contributed by atoms with E-state index in [4.69, 9.17) is 4.74 Å². The molecule has 2 aliphatic rings. The average molecular weight is 346 g/mol. The van der Waals surface area contributed by atoms with Gasteiger partial charge in [-0.3, -0.25) is 9.59 Å². The summed E-state index contributed by atoms with van der Waals surface area (Å²) in [6.45, 7) is 5.47. The second-order valence-corrected chi connectivity index (χ2v) is 7.76. The van der Waals surface area contributed by atoms with E-state index in [0.29, 0.717) is 37.3 Å². The molecule has 6 nitrogen and oxygen atoms in total. The summed E-state index contributed by atoms with van der Waals surface area (Å²) in [7, 11) is 1.55. The van der Waals surface area contributed by atoms with Gasteiger partial charge >= 0.3 is 0 Å². The van der Waals surface area contributed by atoms with Crippen LogP contribution in [0.5, 0.6) is 5.75 Å². The Morgan fingerprint density at radius 3 is 2.84 bits per heavy atom. The van der Waals surface area contributed by atoms with E-state index in [9.17, 15) is 14.7 Å². The number of benzene rings is 1. The number of carbonyl (C=O) groups is 2. The lowest BCUT2D eigenvalue weighted by molar-refractivity contribution is -0.127. The number of ether oxygens (including phenoxy) is 1. The van der Waals surface area contributed by atoms with Crippen molar-refractivity contribution in [2.24, 2.45) is 0 Å². The van der Waals surface area contributed by atoms with Gasteiger partial charge in [-0.1, -0.05) is 26.0 Å². The maximum Gasteiger partial charge on any atom is 0.257 e. The molecule has 2 amide bonds. The molecule has 0 radical (unpaired) electrons. The summed E-state index contributed by atoms with van der Waals surface area (Å²) >= 11 is 0. The van der Waals surface area contributed by atoms with Gasteiger partial charge in [0.15, 0.2) is 0 Å². The number of nitrogens with one attached hydrogen (secondary N) is 1. The predicted octanol–water partition coefficient (Wildman–Crippen LogP) is 1.46. The highest BCUT2D eigenvalue weighted by Crippen LogP contribution is 2.41. The normalized spacial score (nSPS) is 24.4. The highest BCUT2D eigenvalue weighted by molar-refractivity contribution is 5.98. The smallest absolute Gasteiger partial charge is 0.257 e. The van der Waals surface area contributed by atoms with E-state index >= 15 is 0 Å². The number of hydrogen-bond acceptors (Lipinski definition) is 4. The van der Waals surface area contributed by atoms with Crippen molar-refractivity contribution in [1.29, 1.82) is 0 Å². The van der Waals surface area contributed by atoms with E-state index in [2.05, 4.69) is 19.2 Å². The van der Waals surface area contributed by atoms with Crippen LogP contribution >= 0.6 is 0 Å². The van der Waals surface area contributed by atoms with Crippen molar-refractivity contribution in [2.45, 2.75) is 44.1 Å². The second-order valence-electron chi connectivity index (χ2n) is 7.76. The minimum Gasteiger partial charge on any atom is -0.492 e. The van der Waals surface area contributed by atoms with Gasteiger partial charge in [-0.25, -0.2) is 0 Å². The monoisotopic (exact) mass is 346 g/mol. The van der Waals surface area contributed by atoms with E-state index in [1.54, 1.807) is 18.0 Å². The third kappa shape index (κ3) is 3.35. The standard InChI is InChI=1S/C19H26N2O4/c1-18(2)12-25-16-13(6-4-7-14(16)18)17(23)21-9-5-8-19(24,11-21)10-15(22)20-3/h4,6-7,24H,5,8-12H2,1-3H3,(H,20,22). The number of aliphatic hydroxyl groups is 1. The lowest BCUT2D eigenvalue weighted by atomic mass is 9.85. The molecule has 1 saturated heterocycles. The molecule has 25 heavy (non-hydrogen) atoms. The van der Waals surface area contributed by atoms with Crippen LogP contribution in [0.3, 0.4) is 0 Å². The van der Waals surface area contributed by atoms with E-state index < -0.39 is 5.60 Å². The summed E-state index contributed by atoms with van der Waals surface area (Å²) in [5.41, 5.74) is 0.280. The molecule has 0 saturated carbocycles. The van der Waals surface area contributed by atoms with Gasteiger partial charge in [0.1, 0.15) is 5.75 Å². The second kappa shape index (κ2) is 6.33. The first-order valence-electron chi connectivity index (χ1n) is 8.74. The highest BCUT2D eigenvalue weighted by Gasteiger charge is 2.39. The fraction of sp³-hybridized carbons (Fsp3) is 0.579. The van der Waals surface area contributed by atoms with Crippen molar-refractivity contribution in [3.63, 3.8) is 0 Å². The number of carbonyl (C=O) groups excluding carboxylic acids is 2. The molecule has 1 unspecified atom stereocenters. The Kier molecular flexibility index (Phi) is 4.49. The Morgan fingerprint density at radius 1 is 1.36 bits per heavy atom. The average Bonchev–Trinajstić information content (AvgIpc) is 2.89. The molecule has 0 spiro atoms. The van der Waals surface area contributed by atoms with Gasteiger partial charge in [0.25, 0.3) is 5.91 Å². The fourth-order valence-electron chi connectivity index (χ4n) is 3.71. The SMILES string of the molecule is CNC(=O)CC1(O)CCCN(C(=O)c2cccc3c2OCC3(C)C)C1. The van der Waals surface area contributed by atoms with Crippen LogP contribution in [0.1, 0.15) is 49.0 Å². The van der Waals surface area contributed by atoms with E-state index in [-0.39, 0.29) is 30.2 Å². The summed E-state index contributed by atoms with van der Waals surface area (Å²) in [6, 6.07) is 5.65. The molecule has 6 heteroatoms. The van der Waals surface area contributed by atoms with Crippen LogP contribution in [-0.2, 0) is 10.2 Å². The highest BCUT2D eigenvalue weighted by atomic mass is 16.5. The number of amides is 2. The van der Waals surface area contributed by atoms with Gasteiger partial charge in [-0.05, 0) is 18.9 Å². The van der Waals surface area contributed by atoms with E-state index in [1.165, 1.54) is 0 Å². The molecule has 136 valence electrons. The Labute approximate surface area is 148 Å². The molecule has 0 aromatic heterocycles. The van der Waals surface area contributed by atoms with Crippen molar-refractivity contribution < 1.29 is 19.4 Å². The first-order chi connectivity index (χ1) is 11.8. The number of likely N-dealkylation sites (tertiary alicyclic amines) is 1. The van der Waals surface area contributed by atoms with Crippen LogP contribution in [-0.4, -0.2) is 54.2 Å². The molecule has 1 aromatic carbocycles. The van der Waals surface area contributed by atoms with Gasteiger partial charge < -0.3 is 20.1 Å². The zero-order chi connectivity index (χ0) is 18.2. The Morgan fingerprint density at radius 2 is 2.12 bits per heavy atom. The molecule has 1 aromatic rings. The molecule has 0 bridgehead atoms. The zero-order valence-electron chi connectivity index (χ0n) is 15.1. The molecule has 1 atom stereocenters. The summed E-state index contributed by atoms with van der Waals surface area (Å²) in [4.78, 5) is 26.3. The van der Waals surface area contributed by atoms with E-state index in [1.807, 2.05) is 12.1 Å². The van der Waals surface area contributed by atoms with Gasteiger partial charge in [0.2, 0.25) is 5.91 Å². The fourth-order valence-corrected chi connectivity index (χ4v) is 3.71. The molecular formula is C19H26N2O4. The van der Waals surface area contributed by atoms with Crippen LogP contribution in [0.2, 0.25) is 0 Å². The number of nitrogens with zero attached hydrogens (tertiary/aromatic N) is 1.